The Morgan fingerprint density at radius 3 is 2.41 bits per heavy atom. The number of carbonyl (C=O) groups excluding carboxylic acids is 1. The van der Waals surface area contributed by atoms with Crippen LogP contribution in [0.25, 0.3) is 0 Å². The van der Waals surface area contributed by atoms with Crippen molar-refractivity contribution in [3.05, 3.63) is 48.0 Å². The van der Waals surface area contributed by atoms with Crippen LogP contribution in [0.3, 0.4) is 0 Å². The smallest absolute Gasteiger partial charge is 0.427 e. The Morgan fingerprint density at radius 1 is 1.15 bits per heavy atom. The molecule has 1 amide bonds. The number of hydrazone groups is 1. The van der Waals surface area contributed by atoms with Crippen molar-refractivity contribution in [2.75, 3.05) is 16.2 Å². The van der Waals surface area contributed by atoms with Crippen molar-refractivity contribution < 1.29 is 49.0 Å². The Morgan fingerprint density at radius 2 is 1.83 bits per heavy atom. The first-order valence-corrected chi connectivity index (χ1v) is 13.1. The average Bonchev–Trinajstić information content (AvgIpc) is 2.87. The minimum Gasteiger partial charge on any atom is -0.486 e. The van der Waals surface area contributed by atoms with Crippen LogP contribution in [0.4, 0.5) is 42.5 Å². The minimum atomic E-state index is -4.88. The maximum absolute atomic E-state index is 13.6. The lowest BCUT2D eigenvalue weighted by Gasteiger charge is -2.36. The largest absolute Gasteiger partial charge is 0.486 e. The molecule has 2 aromatic rings. The standard InChI is InChI=1S/C23H26F6N6O5S/c1-21(2,23(27,28)29)40-20(36)32-14-6-8-18-17(11-14)35(12-15(39-18)7-9-19(33-30)34-31)41(37,38)16-5-3-4-13(10-16)22(24,25)26/h3-6,8,10-11,15H,7,9,12,30-31H2,1-2H3,(H,32,36)(H,33,34)/t15-/m0/s1. The lowest BCUT2D eigenvalue weighted by molar-refractivity contribution is -0.242. The van der Waals surface area contributed by atoms with E-state index < -0.39 is 57.2 Å². The summed E-state index contributed by atoms with van der Waals surface area (Å²) < 4.78 is 118. The van der Waals surface area contributed by atoms with Gasteiger partial charge in [-0.05, 0) is 56.7 Å². The zero-order valence-electron chi connectivity index (χ0n) is 21.5. The van der Waals surface area contributed by atoms with Crippen molar-refractivity contribution in [1.29, 1.82) is 0 Å². The van der Waals surface area contributed by atoms with Crippen molar-refractivity contribution in [1.82, 2.24) is 5.43 Å². The summed E-state index contributed by atoms with van der Waals surface area (Å²) in [6.07, 6.45) is -11.8. The van der Waals surface area contributed by atoms with Gasteiger partial charge >= 0.3 is 18.4 Å². The highest BCUT2D eigenvalue weighted by Gasteiger charge is 2.51. The predicted octanol–water partition coefficient (Wildman–Crippen LogP) is 4.07. The number of hydrogen-bond donors (Lipinski definition) is 4. The summed E-state index contributed by atoms with van der Waals surface area (Å²) in [4.78, 5) is 11.5. The van der Waals surface area contributed by atoms with Gasteiger partial charge in [0, 0.05) is 12.1 Å². The molecule has 1 atom stereocenters. The Labute approximate surface area is 230 Å². The molecule has 0 fully saturated rings. The number of ether oxygens (including phenoxy) is 2. The van der Waals surface area contributed by atoms with Gasteiger partial charge in [0.15, 0.2) is 0 Å². The fourth-order valence-electron chi connectivity index (χ4n) is 3.63. The minimum absolute atomic E-state index is 0.0433. The molecule has 1 heterocycles. The molecule has 2 aromatic carbocycles. The van der Waals surface area contributed by atoms with Crippen molar-refractivity contribution in [3.8, 4) is 5.75 Å². The Bertz CT molecular complexity index is 1410. The number of hydrazine groups is 1. The van der Waals surface area contributed by atoms with E-state index in [2.05, 4.69) is 20.6 Å². The van der Waals surface area contributed by atoms with Crippen LogP contribution in [0.1, 0.15) is 32.3 Å². The summed E-state index contributed by atoms with van der Waals surface area (Å²) in [5, 5.41) is 5.52. The molecular weight excluding hydrogens is 586 g/mol. The quantitative estimate of drug-likeness (QED) is 0.120. The number of fused-ring (bicyclic) bond motifs is 1. The molecule has 0 radical (unpaired) electrons. The highest BCUT2D eigenvalue weighted by molar-refractivity contribution is 7.92. The van der Waals surface area contributed by atoms with Crippen LogP contribution in [0, 0.1) is 0 Å². The van der Waals surface area contributed by atoms with Crippen molar-refractivity contribution >= 4 is 33.3 Å². The van der Waals surface area contributed by atoms with Gasteiger partial charge in [-0.3, -0.25) is 9.62 Å². The molecule has 0 aliphatic carbocycles. The van der Waals surface area contributed by atoms with Gasteiger partial charge in [0.2, 0.25) is 5.60 Å². The Kier molecular flexibility index (Phi) is 8.87. The van der Waals surface area contributed by atoms with Gasteiger partial charge in [0.05, 0.1) is 22.7 Å². The zero-order chi connectivity index (χ0) is 30.8. The number of benzene rings is 2. The summed E-state index contributed by atoms with van der Waals surface area (Å²) >= 11 is 0. The molecular formula is C23H26F6N6O5S. The monoisotopic (exact) mass is 612 g/mol. The lowest BCUT2D eigenvalue weighted by Crippen LogP contribution is -2.45. The molecule has 0 spiro atoms. The van der Waals surface area contributed by atoms with Crippen molar-refractivity contribution in [2.24, 2.45) is 16.8 Å². The van der Waals surface area contributed by atoms with E-state index in [4.69, 9.17) is 16.4 Å². The summed E-state index contributed by atoms with van der Waals surface area (Å²) in [5.74, 6) is 10.6. The van der Waals surface area contributed by atoms with E-state index in [1.165, 1.54) is 12.1 Å². The highest BCUT2D eigenvalue weighted by Crippen LogP contribution is 2.41. The van der Waals surface area contributed by atoms with Gasteiger partial charge in [-0.1, -0.05) is 6.07 Å². The number of amides is 1. The van der Waals surface area contributed by atoms with Gasteiger partial charge in [-0.2, -0.15) is 31.4 Å². The van der Waals surface area contributed by atoms with E-state index in [-0.39, 0.29) is 35.8 Å². The third kappa shape index (κ3) is 7.24. The van der Waals surface area contributed by atoms with Crippen LogP contribution in [-0.4, -0.2) is 44.8 Å². The highest BCUT2D eigenvalue weighted by atomic mass is 32.2. The number of carbonyl (C=O) groups is 1. The van der Waals surface area contributed by atoms with E-state index in [9.17, 15) is 39.6 Å². The molecule has 18 heteroatoms. The number of rotatable bonds is 7. The first-order valence-electron chi connectivity index (χ1n) is 11.7. The summed E-state index contributed by atoms with van der Waals surface area (Å²) in [7, 11) is -4.67. The number of alkyl halides is 6. The van der Waals surface area contributed by atoms with E-state index in [0.29, 0.717) is 26.0 Å². The van der Waals surface area contributed by atoms with Crippen LogP contribution in [0.2, 0.25) is 0 Å². The number of amidine groups is 1. The van der Waals surface area contributed by atoms with Crippen molar-refractivity contribution in [2.45, 2.75) is 55.6 Å². The van der Waals surface area contributed by atoms with Crippen LogP contribution in [0.15, 0.2) is 52.5 Å². The molecule has 3 rings (SSSR count). The van der Waals surface area contributed by atoms with Crippen LogP contribution in [0.5, 0.6) is 5.75 Å². The zero-order valence-corrected chi connectivity index (χ0v) is 22.3. The number of sulfonamides is 1. The number of nitrogens with zero attached hydrogens (tertiary/aromatic N) is 2. The molecule has 0 saturated carbocycles. The molecule has 0 saturated heterocycles. The fraction of sp³-hybridized carbons (Fsp3) is 0.391. The molecule has 0 aromatic heterocycles. The van der Waals surface area contributed by atoms with Gasteiger partial charge in [0.25, 0.3) is 10.0 Å². The summed E-state index contributed by atoms with van der Waals surface area (Å²) in [6, 6.07) is 6.61. The second kappa shape index (κ2) is 11.5. The first kappa shape index (κ1) is 31.6. The van der Waals surface area contributed by atoms with E-state index in [0.717, 1.165) is 22.5 Å². The maximum atomic E-state index is 13.6. The van der Waals surface area contributed by atoms with Crippen LogP contribution >= 0.6 is 0 Å². The van der Waals surface area contributed by atoms with Crippen LogP contribution < -0.4 is 31.5 Å². The number of hydrogen-bond acceptors (Lipinski definition) is 8. The Balaban J connectivity index is 2.00. The average molecular weight is 613 g/mol. The Hall–Kier alpha value is -3.93. The van der Waals surface area contributed by atoms with E-state index in [1.807, 2.05) is 0 Å². The molecule has 1 aliphatic rings. The van der Waals surface area contributed by atoms with Crippen LogP contribution in [-0.2, 0) is 20.9 Å². The SMILES string of the molecule is CC(C)(OC(=O)Nc1ccc2c(c1)N(S(=O)(=O)c1cccc(C(F)(F)F)c1)C[C@H](CC/C(=N/N)NN)O2)C(F)(F)F. The number of nitrogens with one attached hydrogen (secondary N) is 2. The maximum Gasteiger partial charge on any atom is 0.427 e. The lowest BCUT2D eigenvalue weighted by atomic mass is 10.1. The molecule has 1 aliphatic heterocycles. The van der Waals surface area contributed by atoms with E-state index in [1.54, 1.807) is 0 Å². The molecule has 41 heavy (non-hydrogen) atoms. The molecule has 11 nitrogen and oxygen atoms in total. The summed E-state index contributed by atoms with van der Waals surface area (Å²) in [5.41, 5.74) is -2.16. The molecule has 6 N–H and O–H groups in total. The second-order valence-electron chi connectivity index (χ2n) is 9.27. The number of anilines is 2. The number of nitrogens with two attached hydrogens (primary N) is 2. The van der Waals surface area contributed by atoms with Gasteiger partial charge in [0.1, 0.15) is 17.7 Å². The first-order chi connectivity index (χ1) is 18.9. The molecule has 0 bridgehead atoms. The molecule has 226 valence electrons. The third-order valence-corrected chi connectivity index (χ3v) is 7.72. The van der Waals surface area contributed by atoms with Gasteiger partial charge in [-0.15, -0.1) is 0 Å². The summed E-state index contributed by atoms with van der Waals surface area (Å²) in [6.45, 7) is 0.874. The van der Waals surface area contributed by atoms with Gasteiger partial charge < -0.3 is 20.7 Å². The van der Waals surface area contributed by atoms with Crippen molar-refractivity contribution in [3.63, 3.8) is 0 Å². The third-order valence-electron chi connectivity index (χ3n) is 5.94. The molecule has 0 unspecified atom stereocenters. The fourth-order valence-corrected chi connectivity index (χ4v) is 5.18. The normalized spacial score (nSPS) is 16.5. The second-order valence-corrected chi connectivity index (χ2v) is 11.1. The topological polar surface area (TPSA) is 161 Å². The van der Waals surface area contributed by atoms with Gasteiger partial charge in [-0.25, -0.2) is 19.1 Å². The van der Waals surface area contributed by atoms with E-state index >= 15 is 0 Å². The predicted molar refractivity (Wildman–Crippen MR) is 135 cm³/mol. The number of halogens is 6.